The van der Waals surface area contributed by atoms with Crippen molar-refractivity contribution in [3.8, 4) is 0 Å². The molecule has 0 amide bonds. The lowest BCUT2D eigenvalue weighted by molar-refractivity contribution is 0.294. The molecule has 82 valence electrons. The summed E-state index contributed by atoms with van der Waals surface area (Å²) in [6.07, 6.45) is 10.1. The number of aliphatic hydroxyl groups excluding tert-OH is 1. The van der Waals surface area contributed by atoms with Gasteiger partial charge in [-0.05, 0) is 5.92 Å². The third-order valence-electron chi connectivity index (χ3n) is 2.42. The Bertz CT molecular complexity index is 65.5. The fraction of sp³-hybridized carbons (Fsp3) is 1.00. The van der Waals surface area contributed by atoms with E-state index >= 15 is 0 Å². The van der Waals surface area contributed by atoms with Crippen molar-refractivity contribution in [3.05, 3.63) is 0 Å². The molecule has 0 unspecified atom stereocenters. The fourth-order valence-corrected chi connectivity index (χ4v) is 1.19. The van der Waals surface area contributed by atoms with Crippen LogP contribution in [-0.4, -0.2) is 12.2 Å². The van der Waals surface area contributed by atoms with Gasteiger partial charge in [0.2, 0.25) is 0 Å². The van der Waals surface area contributed by atoms with E-state index in [9.17, 15) is 0 Å². The van der Waals surface area contributed by atoms with E-state index in [4.69, 9.17) is 5.11 Å². The monoisotopic (exact) mass is 188 g/mol. The minimum atomic E-state index is 1.00. The Hall–Kier alpha value is -0.0400. The van der Waals surface area contributed by atoms with Crippen LogP contribution in [0, 0.1) is 5.92 Å². The van der Waals surface area contributed by atoms with E-state index in [1.165, 1.54) is 44.9 Å². The molecule has 1 aliphatic carbocycles. The van der Waals surface area contributed by atoms with E-state index in [1.54, 1.807) is 0 Å². The van der Waals surface area contributed by atoms with Crippen molar-refractivity contribution in [2.75, 3.05) is 7.11 Å². The highest BCUT2D eigenvalue weighted by Gasteiger charge is 2.14. The molecule has 0 heterocycles. The van der Waals surface area contributed by atoms with Crippen molar-refractivity contribution in [1.82, 2.24) is 0 Å². The second-order valence-electron chi connectivity index (χ2n) is 3.59. The van der Waals surface area contributed by atoms with Gasteiger partial charge in [0.15, 0.2) is 0 Å². The van der Waals surface area contributed by atoms with Crippen molar-refractivity contribution in [2.24, 2.45) is 5.92 Å². The molecule has 0 aromatic heterocycles. The molecule has 1 N–H and O–H groups in total. The van der Waals surface area contributed by atoms with Crippen LogP contribution >= 0.6 is 0 Å². The number of aliphatic hydroxyl groups is 1. The zero-order valence-electron chi connectivity index (χ0n) is 9.97. The lowest BCUT2D eigenvalue weighted by Gasteiger charge is -2.24. The number of hydrogen-bond donors (Lipinski definition) is 1. The van der Waals surface area contributed by atoms with Crippen molar-refractivity contribution in [1.29, 1.82) is 0 Å². The van der Waals surface area contributed by atoms with Gasteiger partial charge in [0.1, 0.15) is 0 Å². The molecular formula is C12H28O. The number of unbranched alkanes of at least 4 members (excludes halogenated alkanes) is 1. The molecule has 0 bridgehead atoms. The Morgan fingerprint density at radius 1 is 0.923 bits per heavy atom. The molecular weight excluding hydrogens is 160 g/mol. The first-order valence-corrected chi connectivity index (χ1v) is 5.79. The first kappa shape index (κ1) is 15.4. The highest BCUT2D eigenvalue weighted by atomic mass is 16.2. The zero-order valence-corrected chi connectivity index (χ0v) is 9.97. The molecule has 0 radical (unpaired) electrons. The maximum Gasteiger partial charge on any atom is 0.0319 e. The van der Waals surface area contributed by atoms with Gasteiger partial charge in [0.05, 0.1) is 0 Å². The van der Waals surface area contributed by atoms with E-state index in [1.807, 2.05) is 0 Å². The largest absolute Gasteiger partial charge is 0.400 e. The predicted octanol–water partition coefficient (Wildman–Crippen LogP) is 4.00. The van der Waals surface area contributed by atoms with Gasteiger partial charge in [0.25, 0.3) is 0 Å². The molecule has 1 heteroatoms. The number of rotatable bonds is 3. The van der Waals surface area contributed by atoms with Gasteiger partial charge in [-0.15, -0.1) is 0 Å². The lowest BCUT2D eigenvalue weighted by atomic mass is 9.82. The molecule has 0 spiro atoms. The molecule has 13 heavy (non-hydrogen) atoms. The van der Waals surface area contributed by atoms with E-state index in [-0.39, 0.29) is 0 Å². The summed E-state index contributed by atoms with van der Waals surface area (Å²) in [4.78, 5) is 0. The van der Waals surface area contributed by atoms with E-state index in [0.29, 0.717) is 0 Å². The minimum Gasteiger partial charge on any atom is -0.400 e. The van der Waals surface area contributed by atoms with Crippen LogP contribution in [0.2, 0.25) is 0 Å². The highest BCUT2D eigenvalue weighted by Crippen LogP contribution is 2.29. The molecule has 1 aliphatic rings. The normalized spacial score (nSPS) is 14.5. The van der Waals surface area contributed by atoms with E-state index in [0.717, 1.165) is 13.0 Å². The van der Waals surface area contributed by atoms with Crippen molar-refractivity contribution in [3.63, 3.8) is 0 Å². The second-order valence-corrected chi connectivity index (χ2v) is 3.59. The van der Waals surface area contributed by atoms with Crippen LogP contribution in [0.5, 0.6) is 0 Å². The zero-order chi connectivity index (χ0) is 10.5. The first-order valence-electron chi connectivity index (χ1n) is 5.79. The third kappa shape index (κ3) is 12.0. The van der Waals surface area contributed by atoms with E-state index < -0.39 is 0 Å². The average Bonchev–Trinajstić information content (AvgIpc) is 2.15. The Kier molecular flexibility index (Phi) is 17.2. The Balaban J connectivity index is 0. The summed E-state index contributed by atoms with van der Waals surface area (Å²) in [5.74, 6) is 1.13. The van der Waals surface area contributed by atoms with Gasteiger partial charge >= 0.3 is 0 Å². The maximum atomic E-state index is 7.00. The van der Waals surface area contributed by atoms with Gasteiger partial charge in [-0.2, -0.15) is 0 Å². The quantitative estimate of drug-likeness (QED) is 0.709. The van der Waals surface area contributed by atoms with Gasteiger partial charge in [-0.1, -0.05) is 65.7 Å². The topological polar surface area (TPSA) is 20.2 Å². The van der Waals surface area contributed by atoms with Gasteiger partial charge < -0.3 is 5.11 Å². The predicted molar refractivity (Wildman–Crippen MR) is 61.0 cm³/mol. The van der Waals surface area contributed by atoms with Crippen LogP contribution in [0.15, 0.2) is 0 Å². The van der Waals surface area contributed by atoms with Gasteiger partial charge in [0, 0.05) is 7.11 Å². The second kappa shape index (κ2) is 14.5. The molecule has 0 aromatic carbocycles. The summed E-state index contributed by atoms with van der Waals surface area (Å²) in [6, 6.07) is 0. The Morgan fingerprint density at radius 3 is 1.46 bits per heavy atom. The van der Waals surface area contributed by atoms with Gasteiger partial charge in [-0.25, -0.2) is 0 Å². The van der Waals surface area contributed by atoms with Crippen molar-refractivity contribution < 1.29 is 5.11 Å². The first-order chi connectivity index (χ1) is 6.35. The highest BCUT2D eigenvalue weighted by molar-refractivity contribution is 4.67. The fourth-order valence-electron chi connectivity index (χ4n) is 1.19. The molecule has 0 saturated heterocycles. The smallest absolute Gasteiger partial charge is 0.0319 e. The molecule has 0 aromatic rings. The minimum absolute atomic E-state index is 1.00. The molecule has 1 fully saturated rings. The van der Waals surface area contributed by atoms with Crippen LogP contribution in [0.1, 0.15) is 65.7 Å². The summed E-state index contributed by atoms with van der Waals surface area (Å²) in [6.45, 7) is 6.64. The summed E-state index contributed by atoms with van der Waals surface area (Å²) in [5.41, 5.74) is 0. The van der Waals surface area contributed by atoms with Gasteiger partial charge in [-0.3, -0.25) is 0 Å². The summed E-state index contributed by atoms with van der Waals surface area (Å²) < 4.78 is 0. The lowest BCUT2D eigenvalue weighted by Crippen LogP contribution is -2.09. The molecule has 0 aliphatic heterocycles. The molecule has 1 saturated carbocycles. The molecule has 1 rings (SSSR count). The summed E-state index contributed by atoms with van der Waals surface area (Å²) >= 11 is 0. The Morgan fingerprint density at radius 2 is 1.38 bits per heavy atom. The summed E-state index contributed by atoms with van der Waals surface area (Å²) in [5, 5.41) is 7.00. The number of hydrogen-bond acceptors (Lipinski definition) is 1. The third-order valence-corrected chi connectivity index (χ3v) is 2.42. The van der Waals surface area contributed by atoms with Crippen LogP contribution in [-0.2, 0) is 0 Å². The SMILES string of the molecule is CCCC.CCCC1CCC1.CO. The van der Waals surface area contributed by atoms with Crippen molar-refractivity contribution in [2.45, 2.75) is 65.7 Å². The van der Waals surface area contributed by atoms with Crippen molar-refractivity contribution >= 4 is 0 Å². The van der Waals surface area contributed by atoms with E-state index in [2.05, 4.69) is 20.8 Å². The standard InChI is InChI=1S/C7H14.C4H10.CH4O/c1-2-4-7-5-3-6-7;1-3-4-2;1-2/h7H,2-6H2,1H3;3-4H2,1-2H3;2H,1H3. The Labute approximate surface area is 84.6 Å². The molecule has 1 nitrogen and oxygen atoms in total. The van der Waals surface area contributed by atoms with Crippen LogP contribution in [0.3, 0.4) is 0 Å². The maximum absolute atomic E-state index is 7.00. The van der Waals surface area contributed by atoms with Crippen LogP contribution in [0.25, 0.3) is 0 Å². The van der Waals surface area contributed by atoms with Crippen LogP contribution < -0.4 is 0 Å². The molecule has 0 atom stereocenters. The van der Waals surface area contributed by atoms with Crippen LogP contribution in [0.4, 0.5) is 0 Å². The summed E-state index contributed by atoms with van der Waals surface area (Å²) in [7, 11) is 1.00. The average molecular weight is 188 g/mol.